The zero-order valence-corrected chi connectivity index (χ0v) is 15.0. The first kappa shape index (κ1) is 17.2. The topological polar surface area (TPSA) is 66.7 Å². The maximum absolute atomic E-state index is 12.8. The molecular weight excluding hydrogens is 338 g/mol. The third-order valence-corrected chi connectivity index (χ3v) is 4.97. The van der Waals surface area contributed by atoms with E-state index in [-0.39, 0.29) is 11.5 Å². The summed E-state index contributed by atoms with van der Waals surface area (Å²) in [6, 6.07) is 8.55. The van der Waals surface area contributed by atoms with Gasteiger partial charge in [-0.25, -0.2) is 0 Å². The molecule has 130 valence electrons. The van der Waals surface area contributed by atoms with Crippen LogP contribution in [-0.2, 0) is 6.54 Å². The smallest absolute Gasteiger partial charge is 0.269 e. The van der Waals surface area contributed by atoms with Gasteiger partial charge in [0, 0.05) is 51.1 Å². The number of anilines is 1. The summed E-state index contributed by atoms with van der Waals surface area (Å²) in [5.74, 6) is 0.0879. The number of thiophene rings is 1. The van der Waals surface area contributed by atoms with E-state index < -0.39 is 4.92 Å². The van der Waals surface area contributed by atoms with Crippen LogP contribution < -0.4 is 4.90 Å². The van der Waals surface area contributed by atoms with Crippen LogP contribution in [-0.4, -0.2) is 36.2 Å². The second kappa shape index (κ2) is 7.06. The molecular formula is C18H19N3O3S. The fraction of sp³-hybridized carbons (Fsp3) is 0.278. The third kappa shape index (κ3) is 3.71. The van der Waals surface area contributed by atoms with Crippen molar-refractivity contribution in [3.8, 4) is 0 Å². The number of nitro groups is 1. The Labute approximate surface area is 150 Å². The Balaban J connectivity index is 1.87. The van der Waals surface area contributed by atoms with E-state index in [1.54, 1.807) is 12.1 Å². The molecule has 0 saturated carbocycles. The molecule has 0 atom stereocenters. The van der Waals surface area contributed by atoms with Crippen molar-refractivity contribution in [1.29, 1.82) is 0 Å². The van der Waals surface area contributed by atoms with Crippen LogP contribution in [0.2, 0.25) is 0 Å². The lowest BCUT2D eigenvalue weighted by Gasteiger charge is -2.22. The first-order valence-electron chi connectivity index (χ1n) is 7.93. The van der Waals surface area contributed by atoms with E-state index >= 15 is 0 Å². The van der Waals surface area contributed by atoms with Gasteiger partial charge in [-0.15, -0.1) is 11.3 Å². The summed E-state index contributed by atoms with van der Waals surface area (Å²) in [7, 11) is 3.82. The van der Waals surface area contributed by atoms with Crippen LogP contribution in [0.5, 0.6) is 0 Å². The lowest BCUT2D eigenvalue weighted by atomic mass is 10.1. The summed E-state index contributed by atoms with van der Waals surface area (Å²) in [5.41, 5.74) is 2.81. The Bertz CT molecular complexity index is 824. The maximum atomic E-state index is 12.8. The summed E-state index contributed by atoms with van der Waals surface area (Å²) in [6.07, 6.45) is 2.56. The lowest BCUT2D eigenvalue weighted by Crippen LogP contribution is -2.23. The monoisotopic (exact) mass is 357 g/mol. The van der Waals surface area contributed by atoms with Gasteiger partial charge >= 0.3 is 0 Å². The number of rotatable bonds is 4. The average Bonchev–Trinajstić information content (AvgIpc) is 3.02. The van der Waals surface area contributed by atoms with E-state index in [0.717, 1.165) is 28.2 Å². The number of carbonyl (C=O) groups excluding carboxylic acids is 1. The van der Waals surface area contributed by atoms with Gasteiger partial charge in [0.25, 0.3) is 5.69 Å². The fourth-order valence-corrected chi connectivity index (χ4v) is 3.79. The standard InChI is InChI=1S/C18H19N3O3S/c1-19(2)12-14-7-9-20(16-8-10-25-18(16)17(14)22)11-13-3-5-15(6-4-13)21(23)24/h3-6,8,10,12H,7,9,11H2,1-2H3. The van der Waals surface area contributed by atoms with E-state index in [1.165, 1.54) is 23.5 Å². The molecule has 6 nitrogen and oxygen atoms in total. The number of Topliss-reactive ketones (excluding diaryl/α,β-unsaturated/α-hetero) is 1. The van der Waals surface area contributed by atoms with Gasteiger partial charge in [0.2, 0.25) is 5.78 Å². The highest BCUT2D eigenvalue weighted by Crippen LogP contribution is 2.34. The van der Waals surface area contributed by atoms with E-state index in [4.69, 9.17) is 0 Å². The summed E-state index contributed by atoms with van der Waals surface area (Å²) < 4.78 is 0. The van der Waals surface area contributed by atoms with Crippen molar-refractivity contribution in [2.75, 3.05) is 25.5 Å². The molecule has 0 saturated heterocycles. The predicted molar refractivity (Wildman–Crippen MR) is 99.2 cm³/mol. The number of fused-ring (bicyclic) bond motifs is 1. The van der Waals surface area contributed by atoms with Crippen LogP contribution in [0.1, 0.15) is 21.7 Å². The number of non-ortho nitro benzene ring substituents is 1. The van der Waals surface area contributed by atoms with Crippen molar-refractivity contribution in [3.63, 3.8) is 0 Å². The Morgan fingerprint density at radius 2 is 2.00 bits per heavy atom. The van der Waals surface area contributed by atoms with E-state index in [0.29, 0.717) is 13.0 Å². The number of hydrogen-bond acceptors (Lipinski definition) is 6. The Hall–Kier alpha value is -2.67. The second-order valence-electron chi connectivity index (χ2n) is 6.18. The van der Waals surface area contributed by atoms with Gasteiger partial charge in [-0.3, -0.25) is 14.9 Å². The SMILES string of the molecule is CN(C)C=C1CCN(Cc2ccc([N+](=O)[O-])cc2)c2ccsc2C1=O. The molecule has 0 radical (unpaired) electrons. The first-order chi connectivity index (χ1) is 12.0. The van der Waals surface area contributed by atoms with Gasteiger partial charge in [-0.1, -0.05) is 12.1 Å². The third-order valence-electron chi connectivity index (χ3n) is 4.07. The zero-order valence-electron chi connectivity index (χ0n) is 14.1. The average molecular weight is 357 g/mol. The Morgan fingerprint density at radius 3 is 2.64 bits per heavy atom. The van der Waals surface area contributed by atoms with Gasteiger partial charge in [-0.05, 0) is 23.4 Å². The zero-order chi connectivity index (χ0) is 18.0. The second-order valence-corrected chi connectivity index (χ2v) is 7.09. The molecule has 1 aromatic carbocycles. The van der Waals surface area contributed by atoms with Crippen molar-refractivity contribution in [2.24, 2.45) is 0 Å². The van der Waals surface area contributed by atoms with Crippen LogP contribution >= 0.6 is 11.3 Å². The Kier molecular flexibility index (Phi) is 4.85. The number of ketones is 1. The molecule has 25 heavy (non-hydrogen) atoms. The molecule has 1 aliphatic rings. The maximum Gasteiger partial charge on any atom is 0.269 e. The normalized spacial score (nSPS) is 15.8. The van der Waals surface area contributed by atoms with Crippen LogP contribution in [0.25, 0.3) is 0 Å². The summed E-state index contributed by atoms with van der Waals surface area (Å²) in [4.78, 5) is 28.0. The molecule has 0 N–H and O–H groups in total. The highest BCUT2D eigenvalue weighted by molar-refractivity contribution is 7.13. The number of nitrogens with zero attached hydrogens (tertiary/aromatic N) is 3. The molecule has 2 heterocycles. The van der Waals surface area contributed by atoms with Crippen molar-refractivity contribution < 1.29 is 9.72 Å². The van der Waals surface area contributed by atoms with E-state index in [1.807, 2.05) is 36.6 Å². The highest BCUT2D eigenvalue weighted by Gasteiger charge is 2.26. The van der Waals surface area contributed by atoms with Crippen LogP contribution in [0.4, 0.5) is 11.4 Å². The van der Waals surface area contributed by atoms with Crippen molar-refractivity contribution >= 4 is 28.5 Å². The molecule has 0 amide bonds. The van der Waals surface area contributed by atoms with Crippen molar-refractivity contribution in [3.05, 3.63) is 68.0 Å². The minimum Gasteiger partial charge on any atom is -0.383 e. The molecule has 7 heteroatoms. The number of nitro benzene ring substituents is 1. The van der Waals surface area contributed by atoms with Gasteiger partial charge in [0.1, 0.15) is 0 Å². The molecule has 1 aromatic heterocycles. The van der Waals surface area contributed by atoms with Gasteiger partial charge in [-0.2, -0.15) is 0 Å². The van der Waals surface area contributed by atoms with Crippen LogP contribution in [0, 0.1) is 10.1 Å². The van der Waals surface area contributed by atoms with Gasteiger partial charge in [0.05, 0.1) is 15.5 Å². The molecule has 0 fully saturated rings. The molecule has 2 aromatic rings. The van der Waals surface area contributed by atoms with Gasteiger partial charge < -0.3 is 9.80 Å². The van der Waals surface area contributed by atoms with E-state index in [2.05, 4.69) is 4.90 Å². The van der Waals surface area contributed by atoms with Crippen LogP contribution in [0.15, 0.2) is 47.5 Å². The Morgan fingerprint density at radius 1 is 1.28 bits per heavy atom. The quantitative estimate of drug-likeness (QED) is 0.474. The molecule has 0 unspecified atom stereocenters. The summed E-state index contributed by atoms with van der Waals surface area (Å²) >= 11 is 1.46. The highest BCUT2D eigenvalue weighted by atomic mass is 32.1. The molecule has 1 aliphatic heterocycles. The minimum atomic E-state index is -0.399. The van der Waals surface area contributed by atoms with E-state index in [9.17, 15) is 14.9 Å². The number of hydrogen-bond donors (Lipinski definition) is 0. The number of benzene rings is 1. The van der Waals surface area contributed by atoms with Crippen molar-refractivity contribution in [1.82, 2.24) is 4.90 Å². The molecule has 0 bridgehead atoms. The molecule has 3 rings (SSSR count). The molecule has 0 aliphatic carbocycles. The number of carbonyl (C=O) groups is 1. The fourth-order valence-electron chi connectivity index (χ4n) is 2.90. The van der Waals surface area contributed by atoms with Gasteiger partial charge in [0.15, 0.2) is 0 Å². The summed E-state index contributed by atoms with van der Waals surface area (Å²) in [6.45, 7) is 1.34. The van der Waals surface area contributed by atoms with Crippen LogP contribution in [0.3, 0.4) is 0 Å². The largest absolute Gasteiger partial charge is 0.383 e. The minimum absolute atomic E-state index is 0.0854. The first-order valence-corrected chi connectivity index (χ1v) is 8.81. The van der Waals surface area contributed by atoms with Crippen molar-refractivity contribution in [2.45, 2.75) is 13.0 Å². The molecule has 0 spiro atoms. The lowest BCUT2D eigenvalue weighted by molar-refractivity contribution is -0.384. The summed E-state index contributed by atoms with van der Waals surface area (Å²) in [5, 5.41) is 12.7. The predicted octanol–water partition coefficient (Wildman–Crippen LogP) is 3.69.